The number of carbonyl (C=O) groups is 1. The van der Waals surface area contributed by atoms with Gasteiger partial charge in [-0.1, -0.05) is 24.3 Å². The van der Waals surface area contributed by atoms with Crippen LogP contribution in [0.25, 0.3) is 6.08 Å². The fraction of sp³-hybridized carbons (Fsp3) is 0.235. The minimum atomic E-state index is 0.00956. The summed E-state index contributed by atoms with van der Waals surface area (Å²) in [6, 6.07) is 8.25. The van der Waals surface area contributed by atoms with Crippen LogP contribution in [0.15, 0.2) is 48.1 Å². The number of benzene rings is 1. The highest BCUT2D eigenvalue weighted by atomic mass is 16.1. The van der Waals surface area contributed by atoms with E-state index in [0.717, 1.165) is 18.7 Å². The van der Waals surface area contributed by atoms with E-state index in [2.05, 4.69) is 37.0 Å². The summed E-state index contributed by atoms with van der Waals surface area (Å²) in [5.41, 5.74) is 2.84. The topological polar surface area (TPSA) is 20.3 Å². The molecule has 1 aliphatic carbocycles. The first-order valence-electron chi connectivity index (χ1n) is 6.62. The van der Waals surface area contributed by atoms with Crippen LogP contribution < -0.4 is 4.90 Å². The number of allylic oxidation sites excluding steroid dienone is 5. The molecule has 0 amide bonds. The first kappa shape index (κ1) is 13.3. The van der Waals surface area contributed by atoms with Crippen molar-refractivity contribution in [3.8, 4) is 0 Å². The Morgan fingerprint density at radius 3 is 2.42 bits per heavy atom. The van der Waals surface area contributed by atoms with Crippen molar-refractivity contribution in [2.75, 3.05) is 18.0 Å². The van der Waals surface area contributed by atoms with Gasteiger partial charge in [0.15, 0.2) is 5.78 Å². The summed E-state index contributed by atoms with van der Waals surface area (Å²) in [6.45, 7) is 6.28. The predicted molar refractivity (Wildman–Crippen MR) is 79.9 cm³/mol. The zero-order valence-electron chi connectivity index (χ0n) is 11.4. The van der Waals surface area contributed by atoms with E-state index in [9.17, 15) is 4.79 Å². The first-order valence-corrected chi connectivity index (χ1v) is 6.62. The third kappa shape index (κ3) is 3.22. The van der Waals surface area contributed by atoms with Gasteiger partial charge in [0.25, 0.3) is 0 Å². The number of ketones is 1. The van der Waals surface area contributed by atoms with Gasteiger partial charge in [-0.25, -0.2) is 0 Å². The zero-order valence-corrected chi connectivity index (χ0v) is 11.4. The van der Waals surface area contributed by atoms with Crippen LogP contribution >= 0.6 is 0 Å². The Balaban J connectivity index is 2.19. The summed E-state index contributed by atoms with van der Waals surface area (Å²) < 4.78 is 0. The number of anilines is 1. The molecule has 19 heavy (non-hydrogen) atoms. The third-order valence-corrected chi connectivity index (χ3v) is 3.18. The molecule has 0 aliphatic heterocycles. The molecule has 0 atom stereocenters. The SMILES string of the molecule is CCN(CC)c1ccc(C=C2[C]=CC=CC2=O)cc1. The van der Waals surface area contributed by atoms with E-state index < -0.39 is 0 Å². The van der Waals surface area contributed by atoms with Gasteiger partial charge in [0.1, 0.15) is 0 Å². The van der Waals surface area contributed by atoms with E-state index in [4.69, 9.17) is 0 Å². The minimum absolute atomic E-state index is 0.00956. The van der Waals surface area contributed by atoms with Crippen LogP contribution in [-0.4, -0.2) is 18.9 Å². The molecule has 1 aliphatic rings. The Bertz CT molecular complexity index is 531. The van der Waals surface area contributed by atoms with E-state index in [1.807, 2.05) is 18.2 Å². The molecule has 0 unspecified atom stereocenters. The van der Waals surface area contributed by atoms with Crippen LogP contribution in [-0.2, 0) is 4.79 Å². The lowest BCUT2D eigenvalue weighted by Gasteiger charge is -2.20. The van der Waals surface area contributed by atoms with Gasteiger partial charge in [-0.2, -0.15) is 0 Å². The van der Waals surface area contributed by atoms with E-state index in [1.54, 1.807) is 18.2 Å². The van der Waals surface area contributed by atoms with Gasteiger partial charge < -0.3 is 4.90 Å². The summed E-state index contributed by atoms with van der Waals surface area (Å²) in [7, 11) is 0. The average molecular weight is 252 g/mol. The molecule has 0 bridgehead atoms. The molecule has 2 rings (SSSR count). The van der Waals surface area contributed by atoms with Gasteiger partial charge in [0.05, 0.1) is 0 Å². The molecule has 2 heteroatoms. The molecule has 1 radical (unpaired) electrons. The molecule has 97 valence electrons. The molecule has 0 heterocycles. The van der Waals surface area contributed by atoms with Crippen LogP contribution in [0.4, 0.5) is 5.69 Å². The van der Waals surface area contributed by atoms with Crippen LogP contribution in [0.3, 0.4) is 0 Å². The van der Waals surface area contributed by atoms with Crippen molar-refractivity contribution in [1.29, 1.82) is 0 Å². The normalized spacial score (nSPS) is 16.1. The average Bonchev–Trinajstić information content (AvgIpc) is 2.44. The molecule has 0 aromatic heterocycles. The van der Waals surface area contributed by atoms with Gasteiger partial charge in [0.2, 0.25) is 0 Å². The summed E-state index contributed by atoms with van der Waals surface area (Å²) in [5, 5.41) is 0. The summed E-state index contributed by atoms with van der Waals surface area (Å²) >= 11 is 0. The number of rotatable bonds is 4. The van der Waals surface area contributed by atoms with Gasteiger partial charge in [-0.15, -0.1) is 0 Å². The van der Waals surface area contributed by atoms with E-state index in [-0.39, 0.29) is 5.78 Å². The smallest absolute Gasteiger partial charge is 0.186 e. The van der Waals surface area contributed by atoms with Gasteiger partial charge >= 0.3 is 0 Å². The molecule has 0 saturated carbocycles. The lowest BCUT2D eigenvalue weighted by Crippen LogP contribution is -2.21. The largest absolute Gasteiger partial charge is 0.372 e. The Morgan fingerprint density at radius 1 is 1.16 bits per heavy atom. The van der Waals surface area contributed by atoms with Crippen LogP contribution in [0.2, 0.25) is 0 Å². The number of hydrogen-bond acceptors (Lipinski definition) is 2. The second-order valence-corrected chi connectivity index (χ2v) is 4.36. The number of carbonyl (C=O) groups excluding carboxylic acids is 1. The molecular weight excluding hydrogens is 234 g/mol. The van der Waals surface area contributed by atoms with Crippen molar-refractivity contribution in [2.24, 2.45) is 0 Å². The second-order valence-electron chi connectivity index (χ2n) is 4.36. The van der Waals surface area contributed by atoms with Gasteiger partial charge in [-0.3, -0.25) is 4.79 Å². The number of nitrogens with zero attached hydrogens (tertiary/aromatic N) is 1. The van der Waals surface area contributed by atoms with Crippen molar-refractivity contribution < 1.29 is 4.79 Å². The van der Waals surface area contributed by atoms with Crippen LogP contribution in [0.1, 0.15) is 19.4 Å². The quantitative estimate of drug-likeness (QED) is 0.765. The highest BCUT2D eigenvalue weighted by Gasteiger charge is 2.06. The molecule has 0 spiro atoms. The molecule has 1 aromatic carbocycles. The first-order chi connectivity index (χ1) is 9.24. The van der Waals surface area contributed by atoms with Crippen molar-refractivity contribution in [3.63, 3.8) is 0 Å². The maximum atomic E-state index is 11.6. The van der Waals surface area contributed by atoms with Crippen LogP contribution in [0, 0.1) is 6.08 Å². The highest BCUT2D eigenvalue weighted by Crippen LogP contribution is 2.17. The lowest BCUT2D eigenvalue weighted by molar-refractivity contribution is -0.111. The lowest BCUT2D eigenvalue weighted by atomic mass is 10.0. The molecule has 1 aromatic rings. The minimum Gasteiger partial charge on any atom is -0.372 e. The van der Waals surface area contributed by atoms with Crippen LogP contribution in [0.5, 0.6) is 0 Å². The number of hydrogen-bond donors (Lipinski definition) is 0. The monoisotopic (exact) mass is 252 g/mol. The van der Waals surface area contributed by atoms with Crippen molar-refractivity contribution in [3.05, 3.63) is 59.7 Å². The van der Waals surface area contributed by atoms with E-state index in [1.165, 1.54) is 5.69 Å². The Hall–Kier alpha value is -2.09. The Morgan fingerprint density at radius 2 is 1.84 bits per heavy atom. The second kappa shape index (κ2) is 6.19. The van der Waals surface area contributed by atoms with Gasteiger partial charge in [-0.05, 0) is 49.8 Å². The molecular formula is C17H18NO. The molecule has 0 saturated heterocycles. The summed E-state index contributed by atoms with van der Waals surface area (Å²) in [4.78, 5) is 13.9. The Kier molecular flexibility index (Phi) is 4.35. The molecule has 2 nitrogen and oxygen atoms in total. The maximum absolute atomic E-state index is 11.6. The van der Waals surface area contributed by atoms with Gasteiger partial charge in [0, 0.05) is 24.4 Å². The van der Waals surface area contributed by atoms with Crippen molar-refractivity contribution in [1.82, 2.24) is 0 Å². The summed E-state index contributed by atoms with van der Waals surface area (Å²) in [6.07, 6.45) is 9.87. The standard InChI is InChI=1S/C17H18NO/c1-3-18(4-2)16-11-9-14(10-12-16)13-15-7-5-6-8-17(15)19/h5-6,8-13H,3-4H2,1-2H3. The molecule has 0 N–H and O–H groups in total. The third-order valence-electron chi connectivity index (χ3n) is 3.18. The Labute approximate surface area is 114 Å². The predicted octanol–water partition coefficient (Wildman–Crippen LogP) is 3.41. The van der Waals surface area contributed by atoms with E-state index >= 15 is 0 Å². The fourth-order valence-corrected chi connectivity index (χ4v) is 2.08. The molecule has 0 fully saturated rings. The highest BCUT2D eigenvalue weighted by molar-refractivity contribution is 6.09. The fourth-order valence-electron chi connectivity index (χ4n) is 2.08. The zero-order chi connectivity index (χ0) is 13.7. The van der Waals surface area contributed by atoms with Crippen molar-refractivity contribution in [2.45, 2.75) is 13.8 Å². The van der Waals surface area contributed by atoms with Crippen molar-refractivity contribution >= 4 is 17.5 Å². The summed E-state index contributed by atoms with van der Waals surface area (Å²) in [5.74, 6) is 0.00956. The van der Waals surface area contributed by atoms with E-state index in [0.29, 0.717) is 5.57 Å². The maximum Gasteiger partial charge on any atom is 0.186 e.